The number of piperazine rings is 1. The van der Waals surface area contributed by atoms with E-state index >= 15 is 0 Å². The summed E-state index contributed by atoms with van der Waals surface area (Å²) in [7, 11) is 0. The molecule has 6 nitrogen and oxygen atoms in total. The zero-order valence-corrected chi connectivity index (χ0v) is 15.9. The highest BCUT2D eigenvalue weighted by Crippen LogP contribution is 2.24. The van der Waals surface area contributed by atoms with E-state index in [-0.39, 0.29) is 30.2 Å². The van der Waals surface area contributed by atoms with Gasteiger partial charge in [-0.25, -0.2) is 0 Å². The molecule has 1 fully saturated rings. The minimum Gasteiger partial charge on any atom is -0.351 e. The third-order valence-electron chi connectivity index (χ3n) is 4.35. The van der Waals surface area contributed by atoms with Gasteiger partial charge in [-0.3, -0.25) is 9.59 Å². The molecule has 0 aliphatic carbocycles. The smallest absolute Gasteiger partial charge is 0.293 e. The Morgan fingerprint density at radius 3 is 2.85 bits per heavy atom. The maximum absolute atomic E-state index is 12.8. The SMILES string of the molecule is CC(C)Cc1cc(C(=O)N2CC(=O)N(c3cccc(Cl)c3)CC2C)on1. The first-order valence-electron chi connectivity index (χ1n) is 8.67. The first kappa shape index (κ1) is 18.5. The molecule has 1 aromatic carbocycles. The first-order valence-corrected chi connectivity index (χ1v) is 9.05. The van der Waals surface area contributed by atoms with Crippen LogP contribution in [0.4, 0.5) is 5.69 Å². The zero-order chi connectivity index (χ0) is 18.8. The van der Waals surface area contributed by atoms with Crippen LogP contribution in [0.3, 0.4) is 0 Å². The van der Waals surface area contributed by atoms with Gasteiger partial charge in [-0.15, -0.1) is 0 Å². The van der Waals surface area contributed by atoms with Gasteiger partial charge in [0, 0.05) is 29.4 Å². The van der Waals surface area contributed by atoms with Crippen LogP contribution in [-0.4, -0.2) is 41.0 Å². The van der Waals surface area contributed by atoms with Crippen LogP contribution in [0.2, 0.25) is 5.02 Å². The number of carbonyl (C=O) groups excluding carboxylic acids is 2. The van der Waals surface area contributed by atoms with Gasteiger partial charge in [-0.05, 0) is 37.5 Å². The number of carbonyl (C=O) groups is 2. The molecule has 1 saturated heterocycles. The molecule has 7 heteroatoms. The molecule has 2 amide bonds. The van der Waals surface area contributed by atoms with E-state index in [0.29, 0.717) is 17.5 Å². The Hall–Kier alpha value is -2.34. The summed E-state index contributed by atoms with van der Waals surface area (Å²) in [6, 6.07) is 8.66. The van der Waals surface area contributed by atoms with Crippen LogP contribution >= 0.6 is 11.6 Å². The predicted octanol–water partition coefficient (Wildman–Crippen LogP) is 3.40. The van der Waals surface area contributed by atoms with Gasteiger partial charge < -0.3 is 14.3 Å². The molecule has 0 spiro atoms. The number of benzene rings is 1. The minimum absolute atomic E-state index is 0.00722. The number of hydrogen-bond donors (Lipinski definition) is 0. The fourth-order valence-corrected chi connectivity index (χ4v) is 3.27. The van der Waals surface area contributed by atoms with Crippen molar-refractivity contribution in [2.75, 3.05) is 18.0 Å². The molecule has 138 valence electrons. The van der Waals surface area contributed by atoms with Gasteiger partial charge in [0.1, 0.15) is 6.54 Å². The van der Waals surface area contributed by atoms with Crippen molar-refractivity contribution >= 4 is 29.1 Å². The number of hydrogen-bond acceptors (Lipinski definition) is 4. The number of amides is 2. The van der Waals surface area contributed by atoms with Crippen molar-refractivity contribution in [2.24, 2.45) is 5.92 Å². The highest BCUT2D eigenvalue weighted by atomic mass is 35.5. The average molecular weight is 376 g/mol. The molecule has 1 aromatic heterocycles. The molecule has 1 atom stereocenters. The summed E-state index contributed by atoms with van der Waals surface area (Å²) >= 11 is 6.02. The molecular weight excluding hydrogens is 354 g/mol. The van der Waals surface area contributed by atoms with Gasteiger partial charge in [0.05, 0.1) is 5.69 Å². The van der Waals surface area contributed by atoms with E-state index in [9.17, 15) is 9.59 Å². The van der Waals surface area contributed by atoms with Crippen LogP contribution < -0.4 is 4.90 Å². The van der Waals surface area contributed by atoms with E-state index in [1.54, 1.807) is 29.2 Å². The molecule has 0 bridgehead atoms. The lowest BCUT2D eigenvalue weighted by Gasteiger charge is -2.38. The third-order valence-corrected chi connectivity index (χ3v) is 4.59. The van der Waals surface area contributed by atoms with Crippen LogP contribution in [0.25, 0.3) is 0 Å². The number of anilines is 1. The second-order valence-corrected chi connectivity index (χ2v) is 7.48. The van der Waals surface area contributed by atoms with Gasteiger partial charge in [0.15, 0.2) is 0 Å². The van der Waals surface area contributed by atoms with Crippen molar-refractivity contribution in [1.82, 2.24) is 10.1 Å². The lowest BCUT2D eigenvalue weighted by Crippen LogP contribution is -2.57. The highest BCUT2D eigenvalue weighted by Gasteiger charge is 2.35. The van der Waals surface area contributed by atoms with Gasteiger partial charge in [0.25, 0.3) is 5.91 Å². The summed E-state index contributed by atoms with van der Waals surface area (Å²) in [4.78, 5) is 28.5. The molecule has 1 unspecified atom stereocenters. The molecular formula is C19H22ClN3O3. The fourth-order valence-electron chi connectivity index (χ4n) is 3.09. The Balaban J connectivity index is 1.74. The summed E-state index contributed by atoms with van der Waals surface area (Å²) in [5.41, 5.74) is 1.49. The van der Waals surface area contributed by atoms with Gasteiger partial charge in [-0.1, -0.05) is 36.7 Å². The van der Waals surface area contributed by atoms with Crippen molar-refractivity contribution in [1.29, 1.82) is 0 Å². The van der Waals surface area contributed by atoms with Crippen LogP contribution in [0.15, 0.2) is 34.9 Å². The van der Waals surface area contributed by atoms with E-state index in [0.717, 1.165) is 17.8 Å². The van der Waals surface area contributed by atoms with E-state index in [4.69, 9.17) is 16.1 Å². The topological polar surface area (TPSA) is 66.7 Å². The summed E-state index contributed by atoms with van der Waals surface area (Å²) in [5.74, 6) is 0.140. The summed E-state index contributed by atoms with van der Waals surface area (Å²) in [6.45, 7) is 6.45. The van der Waals surface area contributed by atoms with Crippen molar-refractivity contribution < 1.29 is 14.1 Å². The van der Waals surface area contributed by atoms with Crippen molar-refractivity contribution in [3.8, 4) is 0 Å². The second-order valence-electron chi connectivity index (χ2n) is 7.05. The van der Waals surface area contributed by atoms with Crippen molar-refractivity contribution in [2.45, 2.75) is 33.2 Å². The van der Waals surface area contributed by atoms with Crippen molar-refractivity contribution in [3.05, 3.63) is 46.8 Å². The average Bonchev–Trinajstić information content (AvgIpc) is 3.03. The summed E-state index contributed by atoms with van der Waals surface area (Å²) in [5, 5.41) is 4.53. The van der Waals surface area contributed by atoms with E-state index < -0.39 is 0 Å². The maximum atomic E-state index is 12.8. The normalized spacial score (nSPS) is 17.9. The lowest BCUT2D eigenvalue weighted by molar-refractivity contribution is -0.121. The van der Waals surface area contributed by atoms with E-state index in [2.05, 4.69) is 19.0 Å². The zero-order valence-electron chi connectivity index (χ0n) is 15.1. The Morgan fingerprint density at radius 1 is 1.38 bits per heavy atom. The number of rotatable bonds is 4. The van der Waals surface area contributed by atoms with Crippen molar-refractivity contribution in [3.63, 3.8) is 0 Å². The van der Waals surface area contributed by atoms with Crippen LogP contribution in [0.1, 0.15) is 37.0 Å². The fraction of sp³-hybridized carbons (Fsp3) is 0.421. The molecule has 0 N–H and O–H groups in total. The van der Waals surface area contributed by atoms with Crippen LogP contribution in [0, 0.1) is 5.92 Å². The van der Waals surface area contributed by atoms with Gasteiger partial charge in [0.2, 0.25) is 11.7 Å². The predicted molar refractivity (Wildman–Crippen MR) is 99.3 cm³/mol. The Kier molecular flexibility index (Phi) is 5.32. The summed E-state index contributed by atoms with van der Waals surface area (Å²) < 4.78 is 5.21. The Morgan fingerprint density at radius 2 is 2.15 bits per heavy atom. The molecule has 0 saturated carbocycles. The number of nitrogens with zero attached hydrogens (tertiary/aromatic N) is 3. The number of halogens is 1. The largest absolute Gasteiger partial charge is 0.351 e. The van der Waals surface area contributed by atoms with Crippen LogP contribution in [0.5, 0.6) is 0 Å². The van der Waals surface area contributed by atoms with E-state index in [1.807, 2.05) is 13.0 Å². The molecule has 2 heterocycles. The lowest BCUT2D eigenvalue weighted by atomic mass is 10.1. The first-order chi connectivity index (χ1) is 12.3. The Labute approximate surface area is 157 Å². The molecule has 1 aliphatic heterocycles. The van der Waals surface area contributed by atoms with E-state index in [1.165, 1.54) is 4.90 Å². The molecule has 0 radical (unpaired) electrons. The Bertz CT molecular complexity index is 818. The molecule has 1 aliphatic rings. The molecule has 2 aromatic rings. The minimum atomic E-state index is -0.306. The standard InChI is InChI=1S/C19H22ClN3O3/c1-12(2)7-15-9-17(26-21-15)19(25)22-11-18(24)23(10-13(22)3)16-6-4-5-14(20)8-16/h4-6,8-9,12-13H,7,10-11H2,1-3H3. The molecule has 3 rings (SSSR count). The quantitative estimate of drug-likeness (QED) is 0.821. The van der Waals surface area contributed by atoms with Gasteiger partial charge in [-0.2, -0.15) is 0 Å². The highest BCUT2D eigenvalue weighted by molar-refractivity contribution is 6.30. The van der Waals surface area contributed by atoms with Crippen LogP contribution in [-0.2, 0) is 11.2 Å². The number of aromatic nitrogens is 1. The third kappa shape index (κ3) is 3.90. The van der Waals surface area contributed by atoms with Gasteiger partial charge >= 0.3 is 0 Å². The second kappa shape index (κ2) is 7.50. The monoisotopic (exact) mass is 375 g/mol. The summed E-state index contributed by atoms with van der Waals surface area (Å²) in [6.07, 6.45) is 0.744. The molecule has 26 heavy (non-hydrogen) atoms. The maximum Gasteiger partial charge on any atom is 0.293 e.